The van der Waals surface area contributed by atoms with E-state index in [-0.39, 0.29) is 23.9 Å². The maximum absolute atomic E-state index is 12.4. The van der Waals surface area contributed by atoms with Gasteiger partial charge in [-0.25, -0.2) is 0 Å². The van der Waals surface area contributed by atoms with Crippen molar-refractivity contribution in [3.8, 4) is 0 Å². The van der Waals surface area contributed by atoms with Crippen molar-refractivity contribution in [3.63, 3.8) is 0 Å². The maximum Gasteiger partial charge on any atom is 0.251 e. The number of carbonyl (C=O) groups excluding carboxylic acids is 2. The van der Waals surface area contributed by atoms with Gasteiger partial charge in [0.1, 0.15) is 0 Å². The first kappa shape index (κ1) is 19.8. The Balaban J connectivity index is 1.27. The summed E-state index contributed by atoms with van der Waals surface area (Å²) in [6, 6.07) is 5.91. The topological polar surface area (TPSA) is 61.4 Å². The molecule has 1 saturated carbocycles. The normalized spacial score (nSPS) is 21.3. The van der Waals surface area contributed by atoms with Crippen LogP contribution in [0.5, 0.6) is 0 Å². The summed E-state index contributed by atoms with van der Waals surface area (Å²) in [6.07, 6.45) is 8.15. The van der Waals surface area contributed by atoms with Gasteiger partial charge >= 0.3 is 0 Å². The summed E-state index contributed by atoms with van der Waals surface area (Å²) in [5, 5.41) is 5.90. The summed E-state index contributed by atoms with van der Waals surface area (Å²) in [6.45, 7) is 2.98. The van der Waals surface area contributed by atoms with E-state index in [1.165, 1.54) is 54.7 Å². The van der Waals surface area contributed by atoms with Crippen LogP contribution in [0.3, 0.4) is 0 Å². The molecule has 0 bridgehead atoms. The minimum absolute atomic E-state index is 0.0435. The van der Waals surface area contributed by atoms with E-state index in [2.05, 4.69) is 21.6 Å². The molecule has 0 spiro atoms. The Hall–Kier alpha value is -1.53. The first-order valence-corrected chi connectivity index (χ1v) is 11.8. The Morgan fingerprint density at radius 2 is 1.75 bits per heavy atom. The van der Waals surface area contributed by atoms with Crippen molar-refractivity contribution in [2.45, 2.75) is 50.5 Å². The number of hydrogen-bond donors (Lipinski definition) is 2. The predicted molar refractivity (Wildman–Crippen MR) is 114 cm³/mol. The third-order valence-electron chi connectivity index (χ3n) is 6.60. The van der Waals surface area contributed by atoms with Crippen LogP contribution in [0.25, 0.3) is 0 Å². The zero-order valence-electron chi connectivity index (χ0n) is 16.6. The van der Waals surface area contributed by atoms with Crippen LogP contribution in [0.1, 0.15) is 53.6 Å². The smallest absolute Gasteiger partial charge is 0.251 e. The fourth-order valence-electron chi connectivity index (χ4n) is 4.98. The van der Waals surface area contributed by atoms with Crippen molar-refractivity contribution in [2.75, 3.05) is 37.7 Å². The Kier molecular flexibility index (Phi) is 6.26. The van der Waals surface area contributed by atoms with Gasteiger partial charge in [0.05, 0.1) is 6.54 Å². The molecule has 2 N–H and O–H groups in total. The second kappa shape index (κ2) is 8.87. The lowest BCUT2D eigenvalue weighted by molar-refractivity contribution is -0.120. The molecular weight excluding hydrogens is 370 g/mol. The second-order valence-corrected chi connectivity index (χ2v) is 9.55. The van der Waals surface area contributed by atoms with E-state index >= 15 is 0 Å². The Morgan fingerprint density at radius 3 is 2.54 bits per heavy atom. The van der Waals surface area contributed by atoms with E-state index in [9.17, 15) is 9.59 Å². The van der Waals surface area contributed by atoms with E-state index < -0.39 is 0 Å². The molecule has 0 aromatic heterocycles. The van der Waals surface area contributed by atoms with Crippen molar-refractivity contribution in [1.82, 2.24) is 15.5 Å². The van der Waals surface area contributed by atoms with E-state index in [4.69, 9.17) is 0 Å². The van der Waals surface area contributed by atoms with Gasteiger partial charge in [0.15, 0.2) is 0 Å². The summed E-state index contributed by atoms with van der Waals surface area (Å²) < 4.78 is 0. The molecule has 0 unspecified atom stereocenters. The van der Waals surface area contributed by atoms with Crippen LogP contribution in [0, 0.1) is 0 Å². The lowest BCUT2D eigenvalue weighted by Crippen LogP contribution is -2.57. The number of carbonyl (C=O) groups is 2. The number of amides is 2. The predicted octanol–water partition coefficient (Wildman–Crippen LogP) is 2.38. The SMILES string of the molecule is O=C(CNC(=O)c1ccc2c(c1)CCC2)NCC1(N2CCSCC2)CCCC1. The molecule has 5 nitrogen and oxygen atoms in total. The number of aryl methyl sites for hydroxylation is 2. The minimum atomic E-state index is -0.159. The molecule has 0 atom stereocenters. The molecule has 4 rings (SSSR count). The highest BCUT2D eigenvalue weighted by molar-refractivity contribution is 7.99. The molecule has 152 valence electrons. The van der Waals surface area contributed by atoms with Gasteiger partial charge < -0.3 is 10.6 Å². The van der Waals surface area contributed by atoms with Crippen molar-refractivity contribution < 1.29 is 9.59 Å². The molecular formula is C22H31N3O2S. The van der Waals surface area contributed by atoms with Gasteiger partial charge in [0.25, 0.3) is 5.91 Å². The first-order valence-electron chi connectivity index (χ1n) is 10.7. The Labute approximate surface area is 172 Å². The number of benzene rings is 1. The Morgan fingerprint density at radius 1 is 1.00 bits per heavy atom. The van der Waals surface area contributed by atoms with Crippen LogP contribution in [0.2, 0.25) is 0 Å². The largest absolute Gasteiger partial charge is 0.353 e. The third kappa shape index (κ3) is 4.38. The van der Waals surface area contributed by atoms with Crippen LogP contribution >= 0.6 is 11.8 Å². The highest BCUT2D eigenvalue weighted by atomic mass is 32.2. The summed E-state index contributed by atoms with van der Waals surface area (Å²) in [4.78, 5) is 27.4. The van der Waals surface area contributed by atoms with Crippen molar-refractivity contribution in [2.24, 2.45) is 0 Å². The van der Waals surface area contributed by atoms with Gasteiger partial charge in [-0.1, -0.05) is 18.9 Å². The van der Waals surface area contributed by atoms with Crippen LogP contribution in [-0.2, 0) is 17.6 Å². The van der Waals surface area contributed by atoms with Crippen LogP contribution in [0.15, 0.2) is 18.2 Å². The highest BCUT2D eigenvalue weighted by Gasteiger charge is 2.40. The van der Waals surface area contributed by atoms with Gasteiger partial charge in [-0.15, -0.1) is 0 Å². The molecule has 28 heavy (non-hydrogen) atoms. The van der Waals surface area contributed by atoms with Gasteiger partial charge in [-0.3, -0.25) is 14.5 Å². The van der Waals surface area contributed by atoms with Crippen molar-refractivity contribution >= 4 is 23.6 Å². The lowest BCUT2D eigenvalue weighted by atomic mass is 9.94. The van der Waals surface area contributed by atoms with Gasteiger partial charge in [-0.05, 0) is 55.4 Å². The fourth-order valence-corrected chi connectivity index (χ4v) is 5.88. The number of thioether (sulfide) groups is 1. The summed E-state index contributed by atoms with van der Waals surface area (Å²) in [7, 11) is 0. The number of rotatable bonds is 6. The average Bonchev–Trinajstić information content (AvgIpc) is 3.40. The maximum atomic E-state index is 12.4. The number of fused-ring (bicyclic) bond motifs is 1. The summed E-state index contributed by atoms with van der Waals surface area (Å²) >= 11 is 2.02. The molecule has 2 aliphatic carbocycles. The van der Waals surface area contributed by atoms with Crippen LogP contribution in [0.4, 0.5) is 0 Å². The van der Waals surface area contributed by atoms with Crippen molar-refractivity contribution in [1.29, 1.82) is 0 Å². The highest BCUT2D eigenvalue weighted by Crippen LogP contribution is 2.36. The molecule has 6 heteroatoms. The van der Waals surface area contributed by atoms with E-state index in [1.807, 2.05) is 23.9 Å². The zero-order valence-corrected chi connectivity index (χ0v) is 17.4. The Bertz CT molecular complexity index is 724. The van der Waals surface area contributed by atoms with E-state index in [1.54, 1.807) is 0 Å². The molecule has 0 radical (unpaired) electrons. The molecule has 1 aromatic carbocycles. The average molecular weight is 402 g/mol. The van der Waals surface area contributed by atoms with Gasteiger partial charge in [0, 0.05) is 42.2 Å². The monoisotopic (exact) mass is 401 g/mol. The summed E-state index contributed by atoms with van der Waals surface area (Å²) in [5.74, 6) is 2.12. The van der Waals surface area contributed by atoms with Gasteiger partial charge in [0.2, 0.25) is 5.91 Å². The van der Waals surface area contributed by atoms with Crippen LogP contribution in [-0.4, -0.2) is 59.9 Å². The first-order chi connectivity index (χ1) is 13.7. The molecule has 1 saturated heterocycles. The van der Waals surface area contributed by atoms with Crippen molar-refractivity contribution in [3.05, 3.63) is 34.9 Å². The second-order valence-electron chi connectivity index (χ2n) is 8.33. The molecule has 1 heterocycles. The van der Waals surface area contributed by atoms with E-state index in [0.717, 1.165) is 25.9 Å². The molecule has 2 amide bonds. The van der Waals surface area contributed by atoms with Gasteiger partial charge in [-0.2, -0.15) is 11.8 Å². The standard InChI is InChI=1S/C22H31N3O2S/c26-20(15-23-21(27)19-7-6-17-4-3-5-18(17)14-19)24-16-22(8-1-2-9-22)25-10-12-28-13-11-25/h6-7,14H,1-5,8-13,15-16H2,(H,23,27)(H,24,26). The third-order valence-corrected chi connectivity index (χ3v) is 7.54. The molecule has 1 aliphatic heterocycles. The minimum Gasteiger partial charge on any atom is -0.353 e. The van der Waals surface area contributed by atoms with E-state index in [0.29, 0.717) is 12.1 Å². The zero-order chi connectivity index (χ0) is 19.4. The lowest BCUT2D eigenvalue weighted by Gasteiger charge is -2.43. The summed E-state index contributed by atoms with van der Waals surface area (Å²) in [5.41, 5.74) is 3.42. The number of hydrogen-bond acceptors (Lipinski definition) is 4. The molecule has 2 fully saturated rings. The quantitative estimate of drug-likeness (QED) is 0.768. The number of nitrogens with one attached hydrogen (secondary N) is 2. The molecule has 3 aliphatic rings. The fraction of sp³-hybridized carbons (Fsp3) is 0.636. The van der Waals surface area contributed by atoms with Crippen LogP contribution < -0.4 is 10.6 Å². The molecule has 1 aromatic rings. The number of nitrogens with zero attached hydrogens (tertiary/aromatic N) is 1.